The fourth-order valence-corrected chi connectivity index (χ4v) is 3.93. The van der Waals surface area contributed by atoms with E-state index in [2.05, 4.69) is 22.4 Å². The summed E-state index contributed by atoms with van der Waals surface area (Å²) in [7, 11) is 0. The van der Waals surface area contributed by atoms with Crippen molar-refractivity contribution in [2.24, 2.45) is 0 Å². The van der Waals surface area contributed by atoms with Gasteiger partial charge >= 0.3 is 0 Å². The maximum absolute atomic E-state index is 12.1. The lowest BCUT2D eigenvalue weighted by Gasteiger charge is -2.03. The zero-order valence-corrected chi connectivity index (χ0v) is 15.0. The third-order valence-corrected chi connectivity index (χ3v) is 5.21. The molecule has 2 aromatic carbocycles. The highest BCUT2D eigenvalue weighted by Gasteiger charge is 2.11. The number of fused-ring (bicyclic) bond motifs is 1. The molecule has 124 valence electrons. The minimum Gasteiger partial charge on any atom is -0.492 e. The van der Waals surface area contributed by atoms with Crippen LogP contribution in [0, 0.1) is 0 Å². The Hall–Kier alpha value is -2.05. The molecule has 4 nitrogen and oxygen atoms in total. The number of rotatable bonds is 7. The number of carbonyl (C=O) groups is 1. The fraction of sp³-hybridized carbons (Fsp3) is 0.222. The van der Waals surface area contributed by atoms with Gasteiger partial charge in [0.1, 0.15) is 11.3 Å². The quantitative estimate of drug-likeness (QED) is 0.672. The van der Waals surface area contributed by atoms with Crippen LogP contribution in [0.15, 0.2) is 48.5 Å². The second-order valence-corrected chi connectivity index (χ2v) is 7.10. The molecule has 0 saturated heterocycles. The van der Waals surface area contributed by atoms with Gasteiger partial charge in [-0.2, -0.15) is 0 Å². The van der Waals surface area contributed by atoms with Gasteiger partial charge in [0, 0.05) is 5.75 Å². The van der Waals surface area contributed by atoms with Gasteiger partial charge in [0.2, 0.25) is 5.91 Å². The Morgan fingerprint density at radius 1 is 1.21 bits per heavy atom. The molecule has 24 heavy (non-hydrogen) atoms. The number of nitrogens with zero attached hydrogens (tertiary/aromatic N) is 1. The molecule has 3 aromatic rings. The molecule has 3 rings (SSSR count). The van der Waals surface area contributed by atoms with Crippen LogP contribution in [-0.4, -0.2) is 23.3 Å². The average molecular weight is 358 g/mol. The molecular formula is C18H18N2O2S2. The molecular weight excluding hydrogens is 340 g/mol. The van der Waals surface area contributed by atoms with Gasteiger partial charge in [-0.1, -0.05) is 47.7 Å². The normalized spacial score (nSPS) is 10.7. The SMILES string of the molecule is CCOc1cccc2sc(NC(=O)CSCc3ccccc3)nc12. The predicted molar refractivity (Wildman–Crippen MR) is 102 cm³/mol. The standard InChI is InChI=1S/C18H18N2O2S2/c1-2-22-14-9-6-10-15-17(14)20-18(24-15)19-16(21)12-23-11-13-7-4-3-5-8-13/h3-10H,2,11-12H2,1H3,(H,19,20,21). The van der Waals surface area contributed by atoms with Gasteiger partial charge in [0.25, 0.3) is 0 Å². The van der Waals surface area contributed by atoms with Crippen LogP contribution in [0.1, 0.15) is 12.5 Å². The van der Waals surface area contributed by atoms with Crippen molar-refractivity contribution in [2.75, 3.05) is 17.7 Å². The first-order chi connectivity index (χ1) is 11.8. The van der Waals surface area contributed by atoms with E-state index in [1.165, 1.54) is 16.9 Å². The molecule has 0 fully saturated rings. The summed E-state index contributed by atoms with van der Waals surface area (Å²) < 4.78 is 6.59. The topological polar surface area (TPSA) is 51.2 Å². The number of carbonyl (C=O) groups excluding carboxylic acids is 1. The van der Waals surface area contributed by atoms with Crippen LogP contribution in [0.5, 0.6) is 5.75 Å². The molecule has 1 amide bonds. The van der Waals surface area contributed by atoms with Gasteiger partial charge in [-0.15, -0.1) is 11.8 Å². The third kappa shape index (κ3) is 4.27. The molecule has 0 spiro atoms. The number of thioether (sulfide) groups is 1. The van der Waals surface area contributed by atoms with Crippen molar-refractivity contribution in [3.63, 3.8) is 0 Å². The number of hydrogen-bond donors (Lipinski definition) is 1. The second kappa shape index (κ2) is 8.17. The first-order valence-corrected chi connectivity index (χ1v) is 9.67. The lowest BCUT2D eigenvalue weighted by Crippen LogP contribution is -2.13. The van der Waals surface area contributed by atoms with E-state index in [0.717, 1.165) is 21.7 Å². The second-order valence-electron chi connectivity index (χ2n) is 5.08. The van der Waals surface area contributed by atoms with Gasteiger partial charge < -0.3 is 10.1 Å². The highest BCUT2D eigenvalue weighted by molar-refractivity contribution is 7.99. The molecule has 0 aliphatic carbocycles. The monoisotopic (exact) mass is 358 g/mol. The van der Waals surface area contributed by atoms with Crippen LogP contribution >= 0.6 is 23.1 Å². The fourth-order valence-electron chi connectivity index (χ4n) is 2.24. The molecule has 0 saturated carbocycles. The number of benzene rings is 2. The molecule has 0 bridgehead atoms. The summed E-state index contributed by atoms with van der Waals surface area (Å²) in [5.74, 6) is 1.95. The summed E-state index contributed by atoms with van der Waals surface area (Å²) in [5, 5.41) is 3.49. The number of ether oxygens (including phenoxy) is 1. The molecule has 0 aliphatic rings. The molecule has 0 unspecified atom stereocenters. The molecule has 0 radical (unpaired) electrons. The molecule has 1 heterocycles. The Morgan fingerprint density at radius 3 is 2.83 bits per heavy atom. The Morgan fingerprint density at radius 2 is 2.04 bits per heavy atom. The highest BCUT2D eigenvalue weighted by Crippen LogP contribution is 2.32. The maximum Gasteiger partial charge on any atom is 0.236 e. The van der Waals surface area contributed by atoms with Crippen LogP contribution in [0.3, 0.4) is 0 Å². The van der Waals surface area contributed by atoms with E-state index in [4.69, 9.17) is 4.74 Å². The molecule has 6 heteroatoms. The smallest absolute Gasteiger partial charge is 0.236 e. The van der Waals surface area contributed by atoms with E-state index in [1.807, 2.05) is 43.3 Å². The first kappa shape index (κ1) is 16.8. The third-order valence-electron chi connectivity index (χ3n) is 3.27. The van der Waals surface area contributed by atoms with E-state index in [9.17, 15) is 4.79 Å². The number of hydrogen-bond acceptors (Lipinski definition) is 5. The van der Waals surface area contributed by atoms with Crippen LogP contribution in [0.4, 0.5) is 5.13 Å². The number of anilines is 1. The Kier molecular flexibility index (Phi) is 5.72. The van der Waals surface area contributed by atoms with Crippen molar-refractivity contribution >= 4 is 44.4 Å². The van der Waals surface area contributed by atoms with Gasteiger partial charge in [0.15, 0.2) is 5.13 Å². The van der Waals surface area contributed by atoms with Crippen molar-refractivity contribution in [3.8, 4) is 5.75 Å². The van der Waals surface area contributed by atoms with Crippen molar-refractivity contribution < 1.29 is 9.53 Å². The molecule has 0 aliphatic heterocycles. The van der Waals surface area contributed by atoms with E-state index in [1.54, 1.807) is 11.8 Å². The Labute approximate surface area is 149 Å². The lowest BCUT2D eigenvalue weighted by molar-refractivity contribution is -0.113. The Bertz CT molecular complexity index is 818. The molecule has 1 N–H and O–H groups in total. The predicted octanol–water partition coefficient (Wildman–Crippen LogP) is 4.57. The van der Waals surface area contributed by atoms with Gasteiger partial charge in [-0.3, -0.25) is 4.79 Å². The van der Waals surface area contributed by atoms with Crippen molar-refractivity contribution in [1.29, 1.82) is 0 Å². The summed E-state index contributed by atoms with van der Waals surface area (Å²) in [4.78, 5) is 16.6. The summed E-state index contributed by atoms with van der Waals surface area (Å²) in [6.45, 7) is 2.53. The van der Waals surface area contributed by atoms with Gasteiger partial charge in [0.05, 0.1) is 17.1 Å². The zero-order chi connectivity index (χ0) is 16.8. The van der Waals surface area contributed by atoms with E-state index in [0.29, 0.717) is 17.5 Å². The zero-order valence-electron chi connectivity index (χ0n) is 13.3. The average Bonchev–Trinajstić information content (AvgIpc) is 2.99. The summed E-state index contributed by atoms with van der Waals surface area (Å²) in [5.41, 5.74) is 2.02. The number of amides is 1. The van der Waals surface area contributed by atoms with Gasteiger partial charge in [-0.05, 0) is 24.6 Å². The van der Waals surface area contributed by atoms with Crippen LogP contribution in [0.25, 0.3) is 10.2 Å². The number of para-hydroxylation sites is 1. The van der Waals surface area contributed by atoms with Gasteiger partial charge in [-0.25, -0.2) is 4.98 Å². The van der Waals surface area contributed by atoms with E-state index >= 15 is 0 Å². The number of aromatic nitrogens is 1. The first-order valence-electron chi connectivity index (χ1n) is 7.70. The van der Waals surface area contributed by atoms with Crippen molar-refractivity contribution in [2.45, 2.75) is 12.7 Å². The number of thiazole rings is 1. The lowest BCUT2D eigenvalue weighted by atomic mass is 10.2. The van der Waals surface area contributed by atoms with Crippen LogP contribution < -0.4 is 10.1 Å². The summed E-state index contributed by atoms with van der Waals surface area (Å²) in [6, 6.07) is 15.9. The van der Waals surface area contributed by atoms with Crippen LogP contribution in [0.2, 0.25) is 0 Å². The molecule has 1 aromatic heterocycles. The van der Waals surface area contributed by atoms with Crippen LogP contribution in [-0.2, 0) is 10.5 Å². The maximum atomic E-state index is 12.1. The minimum atomic E-state index is -0.0343. The molecule has 0 atom stereocenters. The van der Waals surface area contributed by atoms with E-state index < -0.39 is 0 Å². The summed E-state index contributed by atoms with van der Waals surface area (Å²) in [6.07, 6.45) is 0. The number of nitrogens with one attached hydrogen (secondary N) is 1. The van der Waals surface area contributed by atoms with Crippen molar-refractivity contribution in [1.82, 2.24) is 4.98 Å². The largest absolute Gasteiger partial charge is 0.492 e. The van der Waals surface area contributed by atoms with Crippen molar-refractivity contribution in [3.05, 3.63) is 54.1 Å². The highest BCUT2D eigenvalue weighted by atomic mass is 32.2. The van der Waals surface area contributed by atoms with E-state index in [-0.39, 0.29) is 5.91 Å². The summed E-state index contributed by atoms with van der Waals surface area (Å²) >= 11 is 3.06. The minimum absolute atomic E-state index is 0.0343. The Balaban J connectivity index is 1.58.